The van der Waals surface area contributed by atoms with Gasteiger partial charge >= 0.3 is 0 Å². The zero-order valence-electron chi connectivity index (χ0n) is 8.78. The Hall–Kier alpha value is -1.62. The van der Waals surface area contributed by atoms with E-state index in [-0.39, 0.29) is 6.61 Å². The summed E-state index contributed by atoms with van der Waals surface area (Å²) in [6.07, 6.45) is 3.31. The number of aliphatic hydroxyl groups is 1. The number of H-pyrrole nitrogens is 1. The van der Waals surface area contributed by atoms with Crippen LogP contribution in [0.2, 0.25) is 0 Å². The number of nitrogens with zero attached hydrogens (tertiary/aromatic N) is 2. The van der Waals surface area contributed by atoms with Crippen molar-refractivity contribution in [2.24, 2.45) is 0 Å². The molecule has 0 saturated heterocycles. The van der Waals surface area contributed by atoms with Gasteiger partial charge in [0.2, 0.25) is 0 Å². The van der Waals surface area contributed by atoms with Gasteiger partial charge < -0.3 is 15.4 Å². The quantitative estimate of drug-likeness (QED) is 0.704. The molecule has 0 radical (unpaired) electrons. The van der Waals surface area contributed by atoms with E-state index >= 15 is 0 Å². The lowest BCUT2D eigenvalue weighted by atomic mass is 10.1. The van der Waals surface area contributed by atoms with Gasteiger partial charge in [0.25, 0.3) is 0 Å². The maximum atomic E-state index is 9.16. The second kappa shape index (κ2) is 3.51. The van der Waals surface area contributed by atoms with Gasteiger partial charge in [0, 0.05) is 6.20 Å². The maximum absolute atomic E-state index is 9.16. The molecule has 2 aromatic rings. The predicted molar refractivity (Wildman–Crippen MR) is 58.7 cm³/mol. The summed E-state index contributed by atoms with van der Waals surface area (Å²) in [5, 5.41) is 13.3. The Balaban J connectivity index is 2.39. The molecule has 0 unspecified atom stereocenters. The van der Waals surface area contributed by atoms with Crippen molar-refractivity contribution >= 4 is 16.9 Å². The molecule has 0 fully saturated rings. The summed E-state index contributed by atoms with van der Waals surface area (Å²) in [6.45, 7) is 3.87. The Labute approximate surface area is 87.6 Å². The van der Waals surface area contributed by atoms with E-state index in [1.807, 2.05) is 26.1 Å². The van der Waals surface area contributed by atoms with Crippen LogP contribution in [0.25, 0.3) is 11.0 Å². The Bertz CT molecular complexity index is 463. The SMILES string of the molecule is CC(C)(CO)Nc1ncnc2[nH]ccc12. The first-order chi connectivity index (χ1) is 7.12. The minimum Gasteiger partial charge on any atom is -0.394 e. The van der Waals surface area contributed by atoms with Crippen LogP contribution in [-0.4, -0.2) is 32.2 Å². The molecule has 0 aliphatic heterocycles. The van der Waals surface area contributed by atoms with E-state index in [2.05, 4.69) is 20.3 Å². The van der Waals surface area contributed by atoms with E-state index in [1.165, 1.54) is 6.33 Å². The smallest absolute Gasteiger partial charge is 0.142 e. The molecule has 80 valence electrons. The molecule has 2 aromatic heterocycles. The molecule has 0 amide bonds. The molecule has 3 N–H and O–H groups in total. The lowest BCUT2D eigenvalue weighted by Gasteiger charge is -2.24. The van der Waals surface area contributed by atoms with E-state index in [9.17, 15) is 0 Å². The van der Waals surface area contributed by atoms with Gasteiger partial charge in [0.15, 0.2) is 0 Å². The molecule has 0 aliphatic carbocycles. The Kier molecular flexibility index (Phi) is 2.32. The normalized spacial score (nSPS) is 11.9. The number of fused-ring (bicyclic) bond motifs is 1. The molecule has 0 aliphatic rings. The van der Waals surface area contributed by atoms with Crippen molar-refractivity contribution in [3.05, 3.63) is 18.6 Å². The molecule has 2 rings (SSSR count). The van der Waals surface area contributed by atoms with Gasteiger partial charge in [-0.05, 0) is 19.9 Å². The minimum atomic E-state index is -0.390. The van der Waals surface area contributed by atoms with Crippen molar-refractivity contribution in [3.8, 4) is 0 Å². The van der Waals surface area contributed by atoms with Crippen LogP contribution in [0.1, 0.15) is 13.8 Å². The highest BCUT2D eigenvalue weighted by Gasteiger charge is 2.17. The molecule has 0 aromatic carbocycles. The van der Waals surface area contributed by atoms with Crippen molar-refractivity contribution < 1.29 is 5.11 Å². The van der Waals surface area contributed by atoms with Crippen molar-refractivity contribution in [1.82, 2.24) is 15.0 Å². The molecule has 0 atom stereocenters. The topological polar surface area (TPSA) is 73.8 Å². The zero-order chi connectivity index (χ0) is 10.9. The van der Waals surface area contributed by atoms with E-state index in [1.54, 1.807) is 0 Å². The fraction of sp³-hybridized carbons (Fsp3) is 0.400. The van der Waals surface area contributed by atoms with Gasteiger partial charge in [-0.25, -0.2) is 9.97 Å². The largest absolute Gasteiger partial charge is 0.394 e. The van der Waals surface area contributed by atoms with Crippen molar-refractivity contribution in [2.45, 2.75) is 19.4 Å². The highest BCUT2D eigenvalue weighted by molar-refractivity contribution is 5.86. The van der Waals surface area contributed by atoms with Crippen LogP contribution < -0.4 is 5.32 Å². The molecule has 15 heavy (non-hydrogen) atoms. The summed E-state index contributed by atoms with van der Waals surface area (Å²) in [5.41, 5.74) is 0.402. The molecule has 0 saturated carbocycles. The summed E-state index contributed by atoms with van der Waals surface area (Å²) in [7, 11) is 0. The highest BCUT2D eigenvalue weighted by atomic mass is 16.3. The number of aromatic nitrogens is 3. The third-order valence-corrected chi connectivity index (χ3v) is 2.21. The van der Waals surface area contributed by atoms with Crippen molar-refractivity contribution in [3.63, 3.8) is 0 Å². The molecule has 2 heterocycles. The first-order valence-corrected chi connectivity index (χ1v) is 4.79. The van der Waals surface area contributed by atoms with E-state index in [4.69, 9.17) is 5.11 Å². The van der Waals surface area contributed by atoms with Gasteiger partial charge in [-0.2, -0.15) is 0 Å². The van der Waals surface area contributed by atoms with Gasteiger partial charge in [-0.15, -0.1) is 0 Å². The van der Waals surface area contributed by atoms with Crippen molar-refractivity contribution in [1.29, 1.82) is 0 Å². The van der Waals surface area contributed by atoms with Crippen LogP contribution in [0.4, 0.5) is 5.82 Å². The number of hydrogen-bond donors (Lipinski definition) is 3. The number of hydrogen-bond acceptors (Lipinski definition) is 4. The van der Waals surface area contributed by atoms with Gasteiger partial charge in [0.1, 0.15) is 17.8 Å². The molecule has 5 heteroatoms. The first-order valence-electron chi connectivity index (χ1n) is 4.79. The lowest BCUT2D eigenvalue weighted by molar-refractivity contribution is 0.234. The molecule has 0 spiro atoms. The van der Waals surface area contributed by atoms with E-state index in [0.29, 0.717) is 0 Å². The molecule has 0 bridgehead atoms. The molecular weight excluding hydrogens is 192 g/mol. The number of aliphatic hydroxyl groups excluding tert-OH is 1. The van der Waals surface area contributed by atoms with Gasteiger partial charge in [-0.1, -0.05) is 0 Å². The summed E-state index contributed by atoms with van der Waals surface area (Å²) in [6, 6.07) is 1.91. The highest BCUT2D eigenvalue weighted by Crippen LogP contribution is 2.20. The Morgan fingerprint density at radius 2 is 2.27 bits per heavy atom. The molecular formula is C10H14N4O. The van der Waals surface area contributed by atoms with Gasteiger partial charge in [-0.3, -0.25) is 0 Å². The Morgan fingerprint density at radius 1 is 1.47 bits per heavy atom. The van der Waals surface area contributed by atoms with Crippen LogP contribution in [0.3, 0.4) is 0 Å². The van der Waals surface area contributed by atoms with Crippen LogP contribution in [-0.2, 0) is 0 Å². The van der Waals surface area contributed by atoms with E-state index < -0.39 is 5.54 Å². The minimum absolute atomic E-state index is 0.0446. The van der Waals surface area contributed by atoms with Gasteiger partial charge in [0.05, 0.1) is 17.5 Å². The fourth-order valence-corrected chi connectivity index (χ4v) is 1.33. The predicted octanol–water partition coefficient (Wildman–Crippen LogP) is 1.14. The zero-order valence-corrected chi connectivity index (χ0v) is 8.78. The number of nitrogens with one attached hydrogen (secondary N) is 2. The summed E-state index contributed by atoms with van der Waals surface area (Å²) >= 11 is 0. The first kappa shape index (κ1) is 9.92. The molecule has 5 nitrogen and oxygen atoms in total. The standard InChI is InChI=1S/C10H14N4O/c1-10(2,5-15)14-9-7-3-4-11-8(7)12-6-13-9/h3-4,6,15H,5H2,1-2H3,(H2,11,12,13,14). The second-order valence-corrected chi connectivity index (χ2v) is 4.13. The Morgan fingerprint density at radius 3 is 3.00 bits per heavy atom. The summed E-state index contributed by atoms with van der Waals surface area (Å²) < 4.78 is 0. The second-order valence-electron chi connectivity index (χ2n) is 4.13. The van der Waals surface area contributed by atoms with E-state index in [0.717, 1.165) is 16.9 Å². The average Bonchev–Trinajstić information content (AvgIpc) is 2.66. The lowest BCUT2D eigenvalue weighted by Crippen LogP contribution is -2.35. The summed E-state index contributed by atoms with van der Waals surface area (Å²) in [5.74, 6) is 0.736. The monoisotopic (exact) mass is 206 g/mol. The van der Waals surface area contributed by atoms with Crippen LogP contribution in [0.15, 0.2) is 18.6 Å². The van der Waals surface area contributed by atoms with Crippen molar-refractivity contribution in [2.75, 3.05) is 11.9 Å². The number of aromatic amines is 1. The third kappa shape index (κ3) is 1.92. The van der Waals surface area contributed by atoms with Crippen LogP contribution >= 0.6 is 0 Å². The number of rotatable bonds is 3. The average molecular weight is 206 g/mol. The maximum Gasteiger partial charge on any atom is 0.142 e. The fourth-order valence-electron chi connectivity index (χ4n) is 1.33. The van der Waals surface area contributed by atoms with Crippen LogP contribution in [0.5, 0.6) is 0 Å². The number of anilines is 1. The van der Waals surface area contributed by atoms with Crippen LogP contribution in [0, 0.1) is 0 Å². The third-order valence-electron chi connectivity index (χ3n) is 2.21. The summed E-state index contributed by atoms with van der Waals surface area (Å²) in [4.78, 5) is 11.3.